The SMILES string of the molecule is COc1ccc(NC(=O)c2cc[n+]([O-])cc2)cc1NS(=O)(=O)c1ccc(F)cc1. The maximum absolute atomic E-state index is 13.1. The summed E-state index contributed by atoms with van der Waals surface area (Å²) in [6.07, 6.45) is 2.37. The Morgan fingerprint density at radius 2 is 1.72 bits per heavy atom. The predicted octanol–water partition coefficient (Wildman–Crippen LogP) is 2.52. The van der Waals surface area contributed by atoms with Crippen molar-refractivity contribution in [2.75, 3.05) is 17.1 Å². The van der Waals surface area contributed by atoms with Crippen LogP contribution < -0.4 is 19.5 Å². The minimum Gasteiger partial charge on any atom is -0.619 e. The summed E-state index contributed by atoms with van der Waals surface area (Å²) in [4.78, 5) is 12.2. The Morgan fingerprint density at radius 3 is 2.34 bits per heavy atom. The minimum absolute atomic E-state index is 0.0834. The molecule has 0 aliphatic rings. The van der Waals surface area contributed by atoms with Crippen molar-refractivity contribution in [3.8, 4) is 5.75 Å². The van der Waals surface area contributed by atoms with Gasteiger partial charge in [0.2, 0.25) is 0 Å². The molecule has 3 aromatic rings. The molecule has 0 saturated carbocycles. The summed E-state index contributed by atoms with van der Waals surface area (Å²) in [5.74, 6) is -0.821. The van der Waals surface area contributed by atoms with E-state index in [-0.39, 0.29) is 21.9 Å². The first-order chi connectivity index (χ1) is 13.8. The number of nitrogens with one attached hydrogen (secondary N) is 2. The topological polar surface area (TPSA) is 111 Å². The van der Waals surface area contributed by atoms with E-state index in [1.54, 1.807) is 0 Å². The molecule has 0 saturated heterocycles. The third-order valence-corrected chi connectivity index (χ3v) is 5.27. The van der Waals surface area contributed by atoms with Gasteiger partial charge in [-0.3, -0.25) is 9.52 Å². The highest BCUT2D eigenvalue weighted by Gasteiger charge is 2.18. The third-order valence-electron chi connectivity index (χ3n) is 3.89. The summed E-state index contributed by atoms with van der Waals surface area (Å²) in [5, 5.41) is 13.7. The van der Waals surface area contributed by atoms with Crippen molar-refractivity contribution in [2.24, 2.45) is 0 Å². The maximum atomic E-state index is 13.1. The molecule has 0 unspecified atom stereocenters. The van der Waals surface area contributed by atoms with Crippen molar-refractivity contribution in [2.45, 2.75) is 4.90 Å². The predicted molar refractivity (Wildman–Crippen MR) is 104 cm³/mol. The van der Waals surface area contributed by atoms with Gasteiger partial charge in [-0.15, -0.1) is 0 Å². The molecule has 10 heteroatoms. The lowest BCUT2D eigenvalue weighted by molar-refractivity contribution is -0.605. The van der Waals surface area contributed by atoms with Gasteiger partial charge < -0.3 is 15.3 Å². The third kappa shape index (κ3) is 4.79. The van der Waals surface area contributed by atoms with Crippen LogP contribution in [0.3, 0.4) is 0 Å². The number of benzene rings is 2. The molecule has 0 radical (unpaired) electrons. The van der Waals surface area contributed by atoms with Crippen LogP contribution in [0.5, 0.6) is 5.75 Å². The van der Waals surface area contributed by atoms with Gasteiger partial charge >= 0.3 is 0 Å². The molecule has 0 aliphatic carbocycles. The van der Waals surface area contributed by atoms with E-state index in [1.807, 2.05) is 0 Å². The van der Waals surface area contributed by atoms with Gasteiger partial charge in [-0.25, -0.2) is 12.8 Å². The fraction of sp³-hybridized carbons (Fsp3) is 0.0526. The van der Waals surface area contributed by atoms with Crippen LogP contribution in [0.4, 0.5) is 15.8 Å². The van der Waals surface area contributed by atoms with Crippen LogP contribution in [0.25, 0.3) is 0 Å². The van der Waals surface area contributed by atoms with E-state index in [0.717, 1.165) is 24.3 Å². The van der Waals surface area contributed by atoms with E-state index in [4.69, 9.17) is 4.74 Å². The average Bonchev–Trinajstić information content (AvgIpc) is 2.69. The highest BCUT2D eigenvalue weighted by Crippen LogP contribution is 2.30. The average molecular weight is 417 g/mol. The lowest BCUT2D eigenvalue weighted by Crippen LogP contribution is -2.25. The molecule has 0 bridgehead atoms. The number of ether oxygens (including phenoxy) is 1. The molecule has 1 amide bonds. The first kappa shape index (κ1) is 20.1. The number of halogens is 1. The van der Waals surface area contributed by atoms with E-state index < -0.39 is 21.7 Å². The van der Waals surface area contributed by atoms with Crippen molar-refractivity contribution in [3.63, 3.8) is 0 Å². The second-order valence-corrected chi connectivity index (χ2v) is 7.56. The van der Waals surface area contributed by atoms with E-state index in [0.29, 0.717) is 10.4 Å². The van der Waals surface area contributed by atoms with Crippen LogP contribution in [-0.2, 0) is 10.0 Å². The number of aromatic nitrogens is 1. The first-order valence-electron chi connectivity index (χ1n) is 8.25. The number of amides is 1. The highest BCUT2D eigenvalue weighted by atomic mass is 32.2. The number of hydrogen-bond donors (Lipinski definition) is 2. The Balaban J connectivity index is 1.86. The number of hydrogen-bond acceptors (Lipinski definition) is 5. The molecule has 0 atom stereocenters. The quantitative estimate of drug-likeness (QED) is 0.473. The van der Waals surface area contributed by atoms with Gasteiger partial charge in [0.15, 0.2) is 12.4 Å². The monoisotopic (exact) mass is 417 g/mol. The van der Waals surface area contributed by atoms with Gasteiger partial charge in [-0.2, -0.15) is 4.73 Å². The van der Waals surface area contributed by atoms with Gasteiger partial charge in [0.05, 0.1) is 23.3 Å². The van der Waals surface area contributed by atoms with Gasteiger partial charge in [-0.1, -0.05) is 0 Å². The van der Waals surface area contributed by atoms with Gasteiger partial charge in [-0.05, 0) is 42.5 Å². The number of anilines is 2. The van der Waals surface area contributed by atoms with Crippen LogP contribution in [0.2, 0.25) is 0 Å². The number of carbonyl (C=O) groups is 1. The molecular weight excluding hydrogens is 401 g/mol. The van der Waals surface area contributed by atoms with Crippen LogP contribution >= 0.6 is 0 Å². The summed E-state index contributed by atoms with van der Waals surface area (Å²) in [5.41, 5.74) is 0.632. The van der Waals surface area contributed by atoms with E-state index in [2.05, 4.69) is 10.0 Å². The van der Waals surface area contributed by atoms with Crippen LogP contribution in [0.15, 0.2) is 71.9 Å². The van der Waals surface area contributed by atoms with Crippen molar-refractivity contribution >= 4 is 27.3 Å². The Hall–Kier alpha value is -3.66. The van der Waals surface area contributed by atoms with Crippen LogP contribution in [0.1, 0.15) is 10.4 Å². The Morgan fingerprint density at radius 1 is 1.07 bits per heavy atom. The highest BCUT2D eigenvalue weighted by molar-refractivity contribution is 7.92. The van der Waals surface area contributed by atoms with Crippen molar-refractivity contribution in [1.82, 2.24) is 0 Å². The Labute approximate surface area is 166 Å². The smallest absolute Gasteiger partial charge is 0.262 e. The largest absolute Gasteiger partial charge is 0.619 e. The molecule has 2 aromatic carbocycles. The van der Waals surface area contributed by atoms with Crippen molar-refractivity contribution < 1.29 is 27.1 Å². The fourth-order valence-electron chi connectivity index (χ4n) is 2.45. The maximum Gasteiger partial charge on any atom is 0.262 e. The zero-order chi connectivity index (χ0) is 21.0. The second-order valence-electron chi connectivity index (χ2n) is 5.88. The number of methoxy groups -OCH3 is 1. The first-order valence-corrected chi connectivity index (χ1v) is 9.73. The Bertz CT molecular complexity index is 1130. The molecule has 8 nitrogen and oxygen atoms in total. The number of rotatable bonds is 6. The molecule has 0 fully saturated rings. The molecule has 0 spiro atoms. The molecule has 2 N–H and O–H groups in total. The Kier molecular flexibility index (Phi) is 5.64. The standard InChI is InChI=1S/C19H16FN3O5S/c1-28-18-7-4-15(21-19(24)13-8-10-23(25)11-9-13)12-17(18)22-29(26,27)16-5-2-14(20)3-6-16/h2-12,22H,1H3,(H,21,24). The summed E-state index contributed by atoms with van der Waals surface area (Å²) >= 11 is 0. The summed E-state index contributed by atoms with van der Waals surface area (Å²) in [7, 11) is -2.65. The molecule has 1 aromatic heterocycles. The van der Waals surface area contributed by atoms with E-state index >= 15 is 0 Å². The lowest BCUT2D eigenvalue weighted by Gasteiger charge is -2.14. The molecule has 150 valence electrons. The fourth-order valence-corrected chi connectivity index (χ4v) is 3.51. The van der Waals surface area contributed by atoms with Crippen LogP contribution in [0, 0.1) is 11.0 Å². The van der Waals surface area contributed by atoms with Gasteiger partial charge in [0, 0.05) is 17.8 Å². The van der Waals surface area contributed by atoms with Gasteiger partial charge in [0.1, 0.15) is 11.6 Å². The molecule has 29 heavy (non-hydrogen) atoms. The number of pyridine rings is 1. The molecule has 1 heterocycles. The second kappa shape index (κ2) is 8.15. The normalized spacial score (nSPS) is 11.0. The zero-order valence-corrected chi connectivity index (χ0v) is 15.9. The number of carbonyl (C=O) groups excluding carboxylic acids is 1. The van der Waals surface area contributed by atoms with Crippen LogP contribution in [-0.4, -0.2) is 21.4 Å². The summed E-state index contributed by atoms with van der Waals surface area (Å²) in [6, 6.07) is 11.4. The molecule has 0 aliphatic heterocycles. The zero-order valence-electron chi connectivity index (χ0n) is 15.1. The lowest BCUT2D eigenvalue weighted by atomic mass is 10.2. The van der Waals surface area contributed by atoms with Gasteiger partial charge in [0.25, 0.3) is 15.9 Å². The van der Waals surface area contributed by atoms with Crippen molar-refractivity contribution in [3.05, 3.63) is 83.6 Å². The summed E-state index contributed by atoms with van der Waals surface area (Å²) < 4.78 is 46.3. The van der Waals surface area contributed by atoms with Crippen molar-refractivity contribution in [1.29, 1.82) is 0 Å². The molecular formula is C19H16FN3O5S. The number of sulfonamides is 1. The summed E-state index contributed by atoms with van der Waals surface area (Å²) in [6.45, 7) is 0. The van der Waals surface area contributed by atoms with E-state index in [9.17, 15) is 22.8 Å². The van der Waals surface area contributed by atoms with E-state index in [1.165, 1.54) is 49.8 Å². The minimum atomic E-state index is -4.01. The number of nitrogens with zero attached hydrogens (tertiary/aromatic N) is 1. The molecule has 3 rings (SSSR count).